The number of piperazine rings is 1. The monoisotopic (exact) mass is 427 g/mol. The predicted molar refractivity (Wildman–Crippen MR) is 120 cm³/mol. The topological polar surface area (TPSA) is 75.0 Å². The molecule has 0 saturated carbocycles. The first-order valence-electron chi connectivity index (χ1n) is 10.7. The SMILES string of the molecule is Cc1cccc(C)c1Cn1ccc(CN2CCN(C(=O)OC(C)(C)C)CC2)c(O)c1=O. The molecule has 1 amide bonds. The Kier molecular flexibility index (Phi) is 6.74. The zero-order chi connectivity index (χ0) is 22.8. The predicted octanol–water partition coefficient (Wildman–Crippen LogP) is 3.27. The lowest BCUT2D eigenvalue weighted by Gasteiger charge is -2.35. The van der Waals surface area contributed by atoms with Gasteiger partial charge in [0.05, 0.1) is 6.54 Å². The second kappa shape index (κ2) is 9.14. The minimum absolute atomic E-state index is 0.205. The molecule has 1 aliphatic heterocycles. The van der Waals surface area contributed by atoms with Crippen LogP contribution in [-0.2, 0) is 17.8 Å². The summed E-state index contributed by atoms with van der Waals surface area (Å²) in [5.41, 5.74) is 3.05. The summed E-state index contributed by atoms with van der Waals surface area (Å²) in [6, 6.07) is 7.86. The molecule has 0 unspecified atom stereocenters. The Hall–Kier alpha value is -2.80. The van der Waals surface area contributed by atoms with Gasteiger partial charge in [0, 0.05) is 44.5 Å². The van der Waals surface area contributed by atoms with Gasteiger partial charge in [-0.1, -0.05) is 18.2 Å². The number of carbonyl (C=O) groups is 1. The van der Waals surface area contributed by atoms with Crippen LogP contribution in [0, 0.1) is 13.8 Å². The van der Waals surface area contributed by atoms with Gasteiger partial charge in [-0.15, -0.1) is 0 Å². The Morgan fingerprint density at radius 3 is 2.23 bits per heavy atom. The first-order valence-corrected chi connectivity index (χ1v) is 10.7. The minimum atomic E-state index is -0.513. The number of rotatable bonds is 4. The number of carbonyl (C=O) groups excluding carboxylic acids is 1. The molecule has 2 heterocycles. The van der Waals surface area contributed by atoms with Gasteiger partial charge < -0.3 is 19.3 Å². The number of pyridine rings is 1. The quantitative estimate of drug-likeness (QED) is 0.811. The van der Waals surface area contributed by atoms with Crippen molar-refractivity contribution >= 4 is 6.09 Å². The molecule has 1 saturated heterocycles. The molecule has 1 fully saturated rings. The van der Waals surface area contributed by atoms with Crippen LogP contribution in [0.3, 0.4) is 0 Å². The van der Waals surface area contributed by atoms with Crippen LogP contribution in [0.1, 0.15) is 43.0 Å². The average molecular weight is 428 g/mol. The maximum atomic E-state index is 12.8. The summed E-state index contributed by atoms with van der Waals surface area (Å²) in [5, 5.41) is 10.5. The van der Waals surface area contributed by atoms with Crippen molar-refractivity contribution in [1.29, 1.82) is 0 Å². The highest BCUT2D eigenvalue weighted by molar-refractivity contribution is 5.68. The fraction of sp³-hybridized carbons (Fsp3) is 0.500. The third kappa shape index (κ3) is 5.67. The summed E-state index contributed by atoms with van der Waals surface area (Å²) in [7, 11) is 0. The second-order valence-electron chi connectivity index (χ2n) is 9.24. The van der Waals surface area contributed by atoms with E-state index in [1.54, 1.807) is 15.7 Å². The number of hydrogen-bond acceptors (Lipinski definition) is 5. The van der Waals surface area contributed by atoms with E-state index in [1.165, 1.54) is 0 Å². The van der Waals surface area contributed by atoms with Gasteiger partial charge in [0.15, 0.2) is 5.75 Å². The zero-order valence-electron chi connectivity index (χ0n) is 19.1. The van der Waals surface area contributed by atoms with E-state index in [0.717, 1.165) is 16.7 Å². The molecule has 168 valence electrons. The van der Waals surface area contributed by atoms with Crippen LogP contribution in [0.15, 0.2) is 35.3 Å². The summed E-state index contributed by atoms with van der Waals surface area (Å²) in [4.78, 5) is 28.8. The van der Waals surface area contributed by atoms with Gasteiger partial charge in [-0.3, -0.25) is 9.69 Å². The Bertz CT molecular complexity index is 979. The molecule has 2 aromatic rings. The van der Waals surface area contributed by atoms with Gasteiger partial charge in [0.1, 0.15) is 5.60 Å². The van der Waals surface area contributed by atoms with Gasteiger partial charge in [0.25, 0.3) is 5.56 Å². The van der Waals surface area contributed by atoms with Crippen LogP contribution >= 0.6 is 0 Å². The molecule has 31 heavy (non-hydrogen) atoms. The Morgan fingerprint density at radius 2 is 1.65 bits per heavy atom. The van der Waals surface area contributed by atoms with Crippen molar-refractivity contribution < 1.29 is 14.6 Å². The molecule has 7 heteroatoms. The van der Waals surface area contributed by atoms with Crippen LogP contribution in [0.4, 0.5) is 4.79 Å². The molecule has 1 aromatic carbocycles. The highest BCUT2D eigenvalue weighted by Gasteiger charge is 2.26. The summed E-state index contributed by atoms with van der Waals surface area (Å²) >= 11 is 0. The minimum Gasteiger partial charge on any atom is -0.503 e. The number of aryl methyl sites for hydroxylation is 2. The molecule has 1 N–H and O–H groups in total. The fourth-order valence-corrected chi connectivity index (χ4v) is 3.78. The smallest absolute Gasteiger partial charge is 0.410 e. The van der Waals surface area contributed by atoms with Crippen molar-refractivity contribution in [2.75, 3.05) is 26.2 Å². The van der Waals surface area contributed by atoms with E-state index in [1.807, 2.05) is 58.9 Å². The highest BCUT2D eigenvalue weighted by Crippen LogP contribution is 2.19. The van der Waals surface area contributed by atoms with Gasteiger partial charge >= 0.3 is 6.09 Å². The van der Waals surface area contributed by atoms with E-state index in [4.69, 9.17) is 4.74 Å². The van der Waals surface area contributed by atoms with Crippen molar-refractivity contribution in [2.24, 2.45) is 0 Å². The maximum absolute atomic E-state index is 12.8. The van der Waals surface area contributed by atoms with E-state index in [-0.39, 0.29) is 17.4 Å². The van der Waals surface area contributed by atoms with Gasteiger partial charge in [-0.2, -0.15) is 0 Å². The molecule has 1 aliphatic rings. The molecular formula is C24H33N3O4. The summed E-state index contributed by atoms with van der Waals surface area (Å²) in [5.74, 6) is -0.205. The van der Waals surface area contributed by atoms with Crippen molar-refractivity contribution in [3.05, 3.63) is 63.1 Å². The summed E-state index contributed by atoms with van der Waals surface area (Å²) < 4.78 is 6.98. The molecule has 0 radical (unpaired) electrons. The Labute approximate surface area is 183 Å². The molecule has 0 atom stereocenters. The van der Waals surface area contributed by atoms with Crippen LogP contribution in [0.25, 0.3) is 0 Å². The lowest BCUT2D eigenvalue weighted by atomic mass is 10.0. The number of benzene rings is 1. The third-order valence-electron chi connectivity index (χ3n) is 5.61. The molecule has 0 bridgehead atoms. The van der Waals surface area contributed by atoms with Gasteiger partial charge in [-0.05, 0) is 57.4 Å². The summed E-state index contributed by atoms with van der Waals surface area (Å²) in [6.45, 7) is 12.9. The molecule has 0 aliphatic carbocycles. The number of amides is 1. The molecule has 7 nitrogen and oxygen atoms in total. The number of aromatic hydroxyl groups is 1. The lowest BCUT2D eigenvalue weighted by molar-refractivity contribution is 0.0138. The molecular weight excluding hydrogens is 394 g/mol. The van der Waals surface area contributed by atoms with Crippen LogP contribution in [-0.4, -0.2) is 57.3 Å². The van der Waals surface area contributed by atoms with Crippen LogP contribution < -0.4 is 5.56 Å². The highest BCUT2D eigenvalue weighted by atomic mass is 16.6. The van der Waals surface area contributed by atoms with E-state index in [2.05, 4.69) is 4.90 Å². The third-order valence-corrected chi connectivity index (χ3v) is 5.61. The zero-order valence-corrected chi connectivity index (χ0v) is 19.1. The average Bonchev–Trinajstić information content (AvgIpc) is 2.69. The van der Waals surface area contributed by atoms with Crippen molar-refractivity contribution in [2.45, 2.75) is 53.3 Å². The fourth-order valence-electron chi connectivity index (χ4n) is 3.78. The second-order valence-corrected chi connectivity index (χ2v) is 9.24. The Morgan fingerprint density at radius 1 is 1.03 bits per heavy atom. The number of aromatic nitrogens is 1. The maximum Gasteiger partial charge on any atom is 0.410 e. The van der Waals surface area contributed by atoms with Crippen molar-refractivity contribution in [3.63, 3.8) is 0 Å². The number of hydrogen-bond donors (Lipinski definition) is 1. The van der Waals surface area contributed by atoms with Gasteiger partial charge in [-0.25, -0.2) is 4.79 Å². The summed E-state index contributed by atoms with van der Waals surface area (Å²) in [6.07, 6.45) is 1.45. The van der Waals surface area contributed by atoms with Crippen LogP contribution in [0.5, 0.6) is 5.75 Å². The first-order chi connectivity index (χ1) is 14.5. The Balaban J connectivity index is 1.64. The largest absolute Gasteiger partial charge is 0.503 e. The van der Waals surface area contributed by atoms with E-state index < -0.39 is 5.60 Å². The molecule has 3 rings (SSSR count). The first kappa shape index (κ1) is 22.9. The standard InChI is InChI=1S/C24H33N3O4/c1-17-7-6-8-18(2)20(17)16-27-10-9-19(21(28)22(27)29)15-25-11-13-26(14-12-25)23(30)31-24(3,4)5/h6-10,28H,11-16H2,1-5H3. The van der Waals surface area contributed by atoms with E-state index >= 15 is 0 Å². The van der Waals surface area contributed by atoms with Crippen molar-refractivity contribution in [1.82, 2.24) is 14.4 Å². The van der Waals surface area contributed by atoms with Gasteiger partial charge in [0.2, 0.25) is 0 Å². The molecule has 1 aromatic heterocycles. The van der Waals surface area contributed by atoms with E-state index in [0.29, 0.717) is 44.8 Å². The number of nitrogens with zero attached hydrogens (tertiary/aromatic N) is 3. The normalized spacial score (nSPS) is 15.2. The molecule has 0 spiro atoms. The number of ether oxygens (including phenoxy) is 1. The van der Waals surface area contributed by atoms with Crippen LogP contribution in [0.2, 0.25) is 0 Å². The van der Waals surface area contributed by atoms with E-state index in [9.17, 15) is 14.7 Å². The lowest BCUT2D eigenvalue weighted by Crippen LogP contribution is -2.49. The van der Waals surface area contributed by atoms with Crippen molar-refractivity contribution in [3.8, 4) is 5.75 Å².